The molecule has 2 aliphatic rings. The van der Waals surface area contributed by atoms with Crippen molar-refractivity contribution in [3.05, 3.63) is 124 Å². The van der Waals surface area contributed by atoms with E-state index in [4.69, 9.17) is 0 Å². The van der Waals surface area contributed by atoms with Gasteiger partial charge in [-0.05, 0) is 0 Å². The Morgan fingerprint density at radius 3 is 1.66 bits per heavy atom. The second-order valence-corrected chi connectivity index (χ2v) is 30.8. The molecule has 0 N–H and O–H groups in total. The number of allylic oxidation sites excluding steroid dienone is 1. The van der Waals surface area contributed by atoms with Gasteiger partial charge >= 0.3 is 245 Å². The van der Waals surface area contributed by atoms with Crippen molar-refractivity contribution in [1.29, 1.82) is 0 Å². The van der Waals surface area contributed by atoms with E-state index in [1.807, 2.05) is 0 Å². The van der Waals surface area contributed by atoms with E-state index in [0.29, 0.717) is 13.2 Å². The Labute approximate surface area is 267 Å². The van der Waals surface area contributed by atoms with Crippen LogP contribution in [-0.2, 0) is 25.8 Å². The Morgan fingerprint density at radius 2 is 1.15 bits per heavy atom. The first kappa shape index (κ1) is 32.2. The molecule has 1 atom stereocenters. The molecule has 0 saturated heterocycles. The molecule has 0 nitrogen and oxygen atoms in total. The standard InChI is InChI=1S/C22H25.C13H9.C2H6Si.2ClH.Zr/c1-15(2)18-13-17-7-6-8-20(21(17)14-18)16-9-11-19(12-10-16)22(3,4)5;1-3-7-12-10(5-1)9-11-6-2-4-8-13(11)12;1-3-2;;;/h6-15H,1-5H3;1-9H;1-2H3;2*1H;/q;;;;;+2/p-2. The Bertz CT molecular complexity index is 1590. The second-order valence-electron chi connectivity index (χ2n) is 12.9. The number of fused-ring (bicyclic) bond motifs is 4. The number of halogens is 2. The maximum atomic E-state index is 2.63. The maximum absolute atomic E-state index is 2.63. The van der Waals surface area contributed by atoms with Crippen molar-refractivity contribution in [2.24, 2.45) is 5.92 Å². The summed E-state index contributed by atoms with van der Waals surface area (Å²) in [6, 6.07) is 35.2. The van der Waals surface area contributed by atoms with Crippen LogP contribution >= 0.6 is 0 Å². The van der Waals surface area contributed by atoms with Gasteiger partial charge in [-0.2, -0.15) is 0 Å². The summed E-state index contributed by atoms with van der Waals surface area (Å²) >= 11 is -2.15. The van der Waals surface area contributed by atoms with Gasteiger partial charge in [0.15, 0.2) is 0 Å². The van der Waals surface area contributed by atoms with Crippen LogP contribution in [0.2, 0.25) is 13.1 Å². The summed E-state index contributed by atoms with van der Waals surface area (Å²) in [5.41, 5.74) is 14.9. The molecular weight excluding hydrogens is 635 g/mol. The van der Waals surface area contributed by atoms with Crippen LogP contribution in [0.4, 0.5) is 0 Å². The molecule has 0 spiro atoms. The van der Waals surface area contributed by atoms with E-state index in [-0.39, 0.29) is 30.2 Å². The van der Waals surface area contributed by atoms with Crippen molar-refractivity contribution >= 4 is 11.5 Å². The van der Waals surface area contributed by atoms with Crippen molar-refractivity contribution in [2.75, 3.05) is 0 Å². The zero-order valence-electron chi connectivity index (χ0n) is 25.2. The molecule has 0 aliphatic heterocycles. The van der Waals surface area contributed by atoms with Crippen LogP contribution in [0.25, 0.3) is 28.3 Å². The third kappa shape index (κ3) is 5.68. The van der Waals surface area contributed by atoms with E-state index < -0.39 is 25.8 Å². The molecule has 0 saturated carbocycles. The monoisotopic (exact) mass is 672 g/mol. The number of hydrogen-bond acceptors (Lipinski definition) is 0. The minimum Gasteiger partial charge on any atom is -1.00 e. The van der Waals surface area contributed by atoms with E-state index in [9.17, 15) is 0 Å². The molecule has 4 aromatic rings. The van der Waals surface area contributed by atoms with Crippen LogP contribution in [0.3, 0.4) is 0 Å². The van der Waals surface area contributed by atoms with E-state index in [2.05, 4.69) is 145 Å². The van der Waals surface area contributed by atoms with Gasteiger partial charge in [-0.25, -0.2) is 0 Å². The Balaban J connectivity index is 0.00000194. The average molecular weight is 675 g/mol. The molecule has 0 aromatic heterocycles. The smallest absolute Gasteiger partial charge is 1.00 e. The molecule has 4 aromatic carbocycles. The minimum atomic E-state index is -2.15. The van der Waals surface area contributed by atoms with Gasteiger partial charge in [0.2, 0.25) is 0 Å². The molecule has 1 unspecified atom stereocenters. The molecule has 4 heteroatoms. The van der Waals surface area contributed by atoms with Gasteiger partial charge in [0, 0.05) is 0 Å². The molecule has 0 amide bonds. The van der Waals surface area contributed by atoms with Crippen molar-refractivity contribution in [2.45, 2.75) is 60.4 Å². The fraction of sp³-hybridized carbons (Fsp3) is 0.297. The molecule has 0 heterocycles. The summed E-state index contributed by atoms with van der Waals surface area (Å²) in [6.45, 7) is 17.0. The zero-order valence-corrected chi connectivity index (χ0v) is 30.2. The van der Waals surface area contributed by atoms with E-state index >= 15 is 0 Å². The Hall–Kier alpha value is -1.70. The largest absolute Gasteiger partial charge is 1.00 e. The van der Waals surface area contributed by atoms with Gasteiger partial charge in [0.25, 0.3) is 0 Å². The first-order valence-corrected chi connectivity index (χ1v) is 23.5. The fourth-order valence-corrected chi connectivity index (χ4v) is 27.4. The van der Waals surface area contributed by atoms with Crippen LogP contribution in [0.15, 0.2) is 96.6 Å². The van der Waals surface area contributed by atoms with Gasteiger partial charge in [0.1, 0.15) is 0 Å². The summed E-state index contributed by atoms with van der Waals surface area (Å²) < 4.78 is 1.28. The summed E-state index contributed by atoms with van der Waals surface area (Å²) in [5, 5.41) is 0. The molecule has 2 aliphatic carbocycles. The first-order valence-electron chi connectivity index (χ1n) is 14.5. The van der Waals surface area contributed by atoms with Crippen LogP contribution < -0.4 is 24.8 Å². The molecule has 0 radical (unpaired) electrons. The fourth-order valence-electron chi connectivity index (χ4n) is 6.91. The number of hydrogen-bond donors (Lipinski definition) is 0. The van der Waals surface area contributed by atoms with Gasteiger partial charge in [0.05, 0.1) is 0 Å². The first-order chi connectivity index (χ1) is 18.7. The third-order valence-corrected chi connectivity index (χ3v) is 28.1. The minimum absolute atomic E-state index is 0. The van der Waals surface area contributed by atoms with Crippen molar-refractivity contribution < 1.29 is 45.2 Å². The molecular formula is C37H40Cl2SiZr. The van der Waals surface area contributed by atoms with Gasteiger partial charge in [-0.15, -0.1) is 0 Å². The van der Waals surface area contributed by atoms with Gasteiger partial charge in [-0.3, -0.25) is 0 Å². The van der Waals surface area contributed by atoms with Crippen LogP contribution in [0, 0.1) is 5.92 Å². The number of rotatable bonds is 4. The summed E-state index contributed by atoms with van der Waals surface area (Å²) in [6.07, 6.45) is 2.62. The number of benzene rings is 4. The topological polar surface area (TPSA) is 0 Å². The quantitative estimate of drug-likeness (QED) is 0.282. The SMILES string of the molecule is CC(C)C1=Cc2c(-c3ccc(C(C)(C)C)cc3)cccc2[CH]1[Zr+2]([CH]1c2ccccc2-c2ccccc21)=[Si](C)C.[Cl-].[Cl-]. The van der Waals surface area contributed by atoms with Crippen LogP contribution in [0.5, 0.6) is 0 Å². The average Bonchev–Trinajstić information content (AvgIpc) is 3.46. The van der Waals surface area contributed by atoms with Gasteiger partial charge < -0.3 is 24.8 Å². The predicted molar refractivity (Wildman–Crippen MR) is 167 cm³/mol. The van der Waals surface area contributed by atoms with Crippen molar-refractivity contribution in [3.63, 3.8) is 0 Å². The summed E-state index contributed by atoms with van der Waals surface area (Å²) in [7, 11) is 0. The van der Waals surface area contributed by atoms with Crippen molar-refractivity contribution in [3.8, 4) is 22.3 Å². The Kier molecular flexibility index (Phi) is 9.82. The summed E-state index contributed by atoms with van der Waals surface area (Å²) in [5.74, 6) is 0.558. The molecule has 0 bridgehead atoms. The molecule has 0 fully saturated rings. The third-order valence-electron chi connectivity index (χ3n) is 8.86. The molecule has 210 valence electrons. The van der Waals surface area contributed by atoms with Crippen LogP contribution in [0.1, 0.15) is 69.7 Å². The predicted octanol–water partition coefficient (Wildman–Crippen LogP) is 4.39. The van der Waals surface area contributed by atoms with Crippen molar-refractivity contribution in [1.82, 2.24) is 0 Å². The van der Waals surface area contributed by atoms with Gasteiger partial charge in [-0.1, -0.05) is 0 Å². The van der Waals surface area contributed by atoms with Crippen LogP contribution in [-0.4, -0.2) is 5.43 Å². The zero-order chi connectivity index (χ0) is 27.5. The maximum Gasteiger partial charge on any atom is -1.00 e. The summed E-state index contributed by atoms with van der Waals surface area (Å²) in [4.78, 5) is 0. The Morgan fingerprint density at radius 1 is 0.634 bits per heavy atom. The second kappa shape index (κ2) is 12.5. The normalized spacial score (nSPS) is 15.1. The molecule has 41 heavy (non-hydrogen) atoms. The molecule has 6 rings (SSSR count). The van der Waals surface area contributed by atoms with E-state index in [1.54, 1.807) is 22.3 Å². The van der Waals surface area contributed by atoms with E-state index in [0.717, 1.165) is 0 Å². The van der Waals surface area contributed by atoms with E-state index in [1.165, 1.54) is 33.4 Å².